The van der Waals surface area contributed by atoms with Gasteiger partial charge in [0.05, 0.1) is 0 Å². The Morgan fingerprint density at radius 3 is 2.95 bits per heavy atom. The molecule has 7 heteroatoms. The molecule has 3 rings (SSSR count). The van der Waals surface area contributed by atoms with Crippen LogP contribution in [0.4, 0.5) is 4.39 Å². The predicted octanol–water partition coefficient (Wildman–Crippen LogP) is 4.38. The van der Waals surface area contributed by atoms with Gasteiger partial charge in [0.2, 0.25) is 0 Å². The van der Waals surface area contributed by atoms with Crippen LogP contribution in [-0.4, -0.2) is 16.0 Å². The van der Waals surface area contributed by atoms with Crippen molar-refractivity contribution in [3.63, 3.8) is 0 Å². The highest BCUT2D eigenvalue weighted by Crippen LogP contribution is 2.33. The molecule has 2 heterocycles. The quantitative estimate of drug-likeness (QED) is 0.666. The number of fused-ring (bicyclic) bond motifs is 1. The van der Waals surface area contributed by atoms with Crippen LogP contribution < -0.4 is 0 Å². The molecular formula is C12H9FN2O2S2. The zero-order chi connectivity index (χ0) is 13.2. The van der Waals surface area contributed by atoms with Gasteiger partial charge in [0.25, 0.3) is 11.1 Å². The molecule has 0 aliphatic carbocycles. The number of furan rings is 1. The van der Waals surface area contributed by atoms with E-state index in [0.717, 1.165) is 5.75 Å². The fourth-order valence-electron chi connectivity index (χ4n) is 1.57. The normalized spacial score (nSPS) is 11.3. The zero-order valence-electron chi connectivity index (χ0n) is 9.92. The third kappa shape index (κ3) is 2.62. The molecule has 98 valence electrons. The molecule has 1 aromatic carbocycles. The maximum atomic E-state index is 13.1. The van der Waals surface area contributed by atoms with E-state index in [-0.39, 0.29) is 5.82 Å². The highest BCUT2D eigenvalue weighted by atomic mass is 33.1. The van der Waals surface area contributed by atoms with Crippen LogP contribution in [-0.2, 0) is 0 Å². The van der Waals surface area contributed by atoms with Crippen LogP contribution in [0.2, 0.25) is 0 Å². The number of rotatable bonds is 4. The first-order valence-corrected chi connectivity index (χ1v) is 7.90. The molecule has 19 heavy (non-hydrogen) atoms. The van der Waals surface area contributed by atoms with Gasteiger partial charge in [0.1, 0.15) is 11.4 Å². The smallest absolute Gasteiger partial charge is 0.287 e. The highest BCUT2D eigenvalue weighted by molar-refractivity contribution is 8.76. The van der Waals surface area contributed by atoms with Gasteiger partial charge in [-0.3, -0.25) is 0 Å². The molecular weight excluding hydrogens is 287 g/mol. The maximum Gasteiger partial charge on any atom is 0.287 e. The lowest BCUT2D eigenvalue weighted by atomic mass is 10.2. The van der Waals surface area contributed by atoms with Gasteiger partial charge in [-0.15, -0.1) is 5.10 Å². The molecule has 0 amide bonds. The third-order valence-corrected chi connectivity index (χ3v) is 4.49. The molecule has 0 radical (unpaired) electrons. The number of nitrogens with zero attached hydrogens (tertiary/aromatic N) is 2. The molecule has 0 bridgehead atoms. The molecule has 0 unspecified atom stereocenters. The topological polar surface area (TPSA) is 52.1 Å². The minimum absolute atomic E-state index is 0.302. The lowest BCUT2D eigenvalue weighted by molar-refractivity contribution is 0.453. The number of hydrogen-bond acceptors (Lipinski definition) is 6. The summed E-state index contributed by atoms with van der Waals surface area (Å²) >= 11 is 0. The Morgan fingerprint density at radius 2 is 2.11 bits per heavy atom. The molecule has 0 saturated carbocycles. The van der Waals surface area contributed by atoms with Gasteiger partial charge in [0, 0.05) is 21.9 Å². The Kier molecular flexibility index (Phi) is 3.48. The summed E-state index contributed by atoms with van der Waals surface area (Å²) in [5.41, 5.74) is 0.590. The highest BCUT2D eigenvalue weighted by Gasteiger charge is 2.14. The van der Waals surface area contributed by atoms with E-state index in [2.05, 4.69) is 10.2 Å². The predicted molar refractivity (Wildman–Crippen MR) is 73.5 cm³/mol. The summed E-state index contributed by atoms with van der Waals surface area (Å²) in [6.45, 7) is 2.04. The molecule has 0 saturated heterocycles. The second kappa shape index (κ2) is 5.26. The first-order chi connectivity index (χ1) is 9.26. The van der Waals surface area contributed by atoms with E-state index in [4.69, 9.17) is 8.83 Å². The summed E-state index contributed by atoms with van der Waals surface area (Å²) in [5.74, 6) is 1.39. The van der Waals surface area contributed by atoms with Crippen LogP contribution in [0.3, 0.4) is 0 Å². The standard InChI is InChI=1S/C12H9FN2O2S2/c1-2-18-19-12-15-14-11(17-12)10-6-7-5-8(13)3-4-9(7)16-10/h3-6H,2H2,1H3. The Balaban J connectivity index is 1.92. The van der Waals surface area contributed by atoms with Gasteiger partial charge in [-0.25, -0.2) is 4.39 Å². The van der Waals surface area contributed by atoms with Crippen molar-refractivity contribution in [1.82, 2.24) is 10.2 Å². The van der Waals surface area contributed by atoms with Crippen LogP contribution in [0.5, 0.6) is 0 Å². The number of hydrogen-bond donors (Lipinski definition) is 0. The summed E-state index contributed by atoms with van der Waals surface area (Å²) in [4.78, 5) is 0. The number of benzene rings is 1. The van der Waals surface area contributed by atoms with E-state index in [1.165, 1.54) is 22.9 Å². The third-order valence-electron chi connectivity index (χ3n) is 2.34. The molecule has 0 fully saturated rings. The van der Waals surface area contributed by atoms with Gasteiger partial charge in [-0.05, 0) is 24.3 Å². The van der Waals surface area contributed by atoms with Crippen molar-refractivity contribution >= 4 is 32.6 Å². The molecule has 2 aromatic heterocycles. The van der Waals surface area contributed by atoms with Gasteiger partial charge in [-0.2, -0.15) is 0 Å². The largest absolute Gasteiger partial charge is 0.451 e. The summed E-state index contributed by atoms with van der Waals surface area (Å²) in [6, 6.07) is 6.02. The van der Waals surface area contributed by atoms with Crippen LogP contribution in [0.25, 0.3) is 22.6 Å². The Bertz CT molecular complexity index is 711. The van der Waals surface area contributed by atoms with Crippen LogP contribution in [0.15, 0.2) is 38.3 Å². The van der Waals surface area contributed by atoms with Crippen molar-refractivity contribution < 1.29 is 13.2 Å². The van der Waals surface area contributed by atoms with Crippen molar-refractivity contribution in [2.45, 2.75) is 12.1 Å². The van der Waals surface area contributed by atoms with Crippen molar-refractivity contribution in [3.8, 4) is 11.7 Å². The second-order valence-corrected chi connectivity index (χ2v) is 6.19. The van der Waals surface area contributed by atoms with Crippen molar-refractivity contribution in [1.29, 1.82) is 0 Å². The average molecular weight is 296 g/mol. The molecule has 3 aromatic rings. The maximum absolute atomic E-state index is 13.1. The van der Waals surface area contributed by atoms with Gasteiger partial charge in [0.15, 0.2) is 5.76 Å². The van der Waals surface area contributed by atoms with Crippen molar-refractivity contribution in [2.75, 3.05) is 5.75 Å². The van der Waals surface area contributed by atoms with Gasteiger partial charge >= 0.3 is 0 Å². The van der Waals surface area contributed by atoms with E-state index in [1.54, 1.807) is 22.9 Å². The Morgan fingerprint density at radius 1 is 1.21 bits per heavy atom. The van der Waals surface area contributed by atoms with Crippen LogP contribution in [0, 0.1) is 5.82 Å². The number of halogens is 1. The molecule has 0 atom stereocenters. The monoisotopic (exact) mass is 296 g/mol. The summed E-state index contributed by atoms with van der Waals surface area (Å²) in [6.07, 6.45) is 0. The summed E-state index contributed by atoms with van der Waals surface area (Å²) in [5, 5.41) is 8.98. The molecule has 0 spiro atoms. The zero-order valence-corrected chi connectivity index (χ0v) is 11.6. The lowest BCUT2D eigenvalue weighted by Crippen LogP contribution is -1.71. The number of aromatic nitrogens is 2. The average Bonchev–Trinajstić information content (AvgIpc) is 3.01. The fourth-order valence-corrected chi connectivity index (χ4v) is 2.84. The first-order valence-electron chi connectivity index (χ1n) is 5.58. The first kappa shape index (κ1) is 12.6. The summed E-state index contributed by atoms with van der Waals surface area (Å²) < 4.78 is 24.1. The Hall–Kier alpha value is -1.47. The van der Waals surface area contributed by atoms with E-state index in [1.807, 2.05) is 6.92 Å². The van der Waals surface area contributed by atoms with Crippen molar-refractivity contribution in [2.24, 2.45) is 0 Å². The van der Waals surface area contributed by atoms with Gasteiger partial charge in [-0.1, -0.05) is 22.8 Å². The minimum Gasteiger partial charge on any atom is -0.451 e. The van der Waals surface area contributed by atoms with E-state index in [0.29, 0.717) is 27.8 Å². The lowest BCUT2D eigenvalue weighted by Gasteiger charge is -1.89. The van der Waals surface area contributed by atoms with Crippen LogP contribution in [0.1, 0.15) is 6.92 Å². The molecule has 0 N–H and O–H groups in total. The van der Waals surface area contributed by atoms with Crippen molar-refractivity contribution in [3.05, 3.63) is 30.1 Å². The minimum atomic E-state index is -0.305. The molecule has 4 nitrogen and oxygen atoms in total. The van der Waals surface area contributed by atoms with E-state index in [9.17, 15) is 4.39 Å². The second-order valence-electron chi connectivity index (χ2n) is 3.66. The Labute approximate surface area is 116 Å². The fraction of sp³-hybridized carbons (Fsp3) is 0.167. The SMILES string of the molecule is CCSSc1nnc(-c2cc3cc(F)ccc3o2)o1. The molecule has 0 aliphatic heterocycles. The van der Waals surface area contributed by atoms with Crippen LogP contribution >= 0.6 is 21.6 Å². The van der Waals surface area contributed by atoms with E-state index < -0.39 is 0 Å². The van der Waals surface area contributed by atoms with E-state index >= 15 is 0 Å². The molecule has 0 aliphatic rings. The summed E-state index contributed by atoms with van der Waals surface area (Å²) in [7, 11) is 3.04. The van der Waals surface area contributed by atoms with Gasteiger partial charge < -0.3 is 8.83 Å².